The zero-order valence-electron chi connectivity index (χ0n) is 10.7. The number of aromatic carboxylic acids is 1. The number of benzene rings is 2. The topological polar surface area (TPSA) is 66.4 Å². The van der Waals surface area contributed by atoms with Crippen LogP contribution in [0.4, 0.5) is 5.69 Å². The van der Waals surface area contributed by atoms with Crippen molar-refractivity contribution in [1.82, 2.24) is 0 Å². The van der Waals surface area contributed by atoms with Crippen LogP contribution in [0.3, 0.4) is 0 Å². The second-order valence-corrected chi connectivity index (χ2v) is 4.73. The van der Waals surface area contributed by atoms with Crippen molar-refractivity contribution in [3.8, 4) is 0 Å². The minimum absolute atomic E-state index is 0.0635. The number of hydrogen-bond acceptors (Lipinski definition) is 2. The van der Waals surface area contributed by atoms with Crippen molar-refractivity contribution in [3.63, 3.8) is 0 Å². The number of carbonyl (C=O) groups excluding carboxylic acids is 1. The summed E-state index contributed by atoms with van der Waals surface area (Å²) in [7, 11) is 0. The Morgan fingerprint density at radius 3 is 2.25 bits per heavy atom. The van der Waals surface area contributed by atoms with E-state index in [1.165, 1.54) is 18.2 Å². The van der Waals surface area contributed by atoms with Crippen molar-refractivity contribution >= 4 is 29.2 Å². The standard InChI is InChI=1S/C15H12ClNO3/c1-9-2-4-10(5-3-9)14(18)17-13-8-11(15(19)20)6-7-12(13)16/h2-8H,1H3,(H,17,18)(H,19,20). The molecule has 2 aromatic carbocycles. The van der Waals surface area contributed by atoms with Crippen LogP contribution in [0.2, 0.25) is 5.02 Å². The van der Waals surface area contributed by atoms with Crippen molar-refractivity contribution < 1.29 is 14.7 Å². The fourth-order valence-corrected chi connectivity index (χ4v) is 1.82. The second kappa shape index (κ2) is 5.75. The van der Waals surface area contributed by atoms with E-state index in [4.69, 9.17) is 16.7 Å². The largest absolute Gasteiger partial charge is 0.478 e. The van der Waals surface area contributed by atoms with Crippen molar-refractivity contribution in [2.75, 3.05) is 5.32 Å². The molecule has 0 aliphatic carbocycles. The molecule has 0 heterocycles. The highest BCUT2D eigenvalue weighted by Crippen LogP contribution is 2.23. The molecular weight excluding hydrogens is 278 g/mol. The number of anilines is 1. The molecule has 0 fully saturated rings. The van der Waals surface area contributed by atoms with Crippen LogP contribution < -0.4 is 5.32 Å². The summed E-state index contributed by atoms with van der Waals surface area (Å²) < 4.78 is 0. The van der Waals surface area contributed by atoms with Gasteiger partial charge in [-0.1, -0.05) is 29.3 Å². The van der Waals surface area contributed by atoms with Crippen LogP contribution in [0.25, 0.3) is 0 Å². The van der Waals surface area contributed by atoms with Crippen molar-refractivity contribution in [3.05, 3.63) is 64.2 Å². The second-order valence-electron chi connectivity index (χ2n) is 4.32. The first-order valence-electron chi connectivity index (χ1n) is 5.88. The maximum atomic E-state index is 12.0. The van der Waals surface area contributed by atoms with Crippen LogP contribution in [-0.4, -0.2) is 17.0 Å². The molecule has 0 unspecified atom stereocenters. The van der Waals surface area contributed by atoms with Crippen LogP contribution in [0.1, 0.15) is 26.3 Å². The molecule has 4 nitrogen and oxygen atoms in total. The molecule has 5 heteroatoms. The van der Waals surface area contributed by atoms with Gasteiger partial charge in [-0.05, 0) is 37.3 Å². The van der Waals surface area contributed by atoms with Gasteiger partial charge in [-0.2, -0.15) is 0 Å². The molecule has 0 aliphatic heterocycles. The van der Waals surface area contributed by atoms with Gasteiger partial charge in [-0.3, -0.25) is 4.79 Å². The molecule has 0 saturated heterocycles. The number of halogens is 1. The summed E-state index contributed by atoms with van der Waals surface area (Å²) >= 11 is 5.95. The van der Waals surface area contributed by atoms with Gasteiger partial charge in [-0.25, -0.2) is 4.79 Å². The Morgan fingerprint density at radius 1 is 1.05 bits per heavy atom. The molecular formula is C15H12ClNO3. The smallest absolute Gasteiger partial charge is 0.335 e. The van der Waals surface area contributed by atoms with Crippen molar-refractivity contribution in [2.45, 2.75) is 6.92 Å². The summed E-state index contributed by atoms with van der Waals surface area (Å²) in [4.78, 5) is 22.9. The molecule has 0 spiro atoms. The lowest BCUT2D eigenvalue weighted by atomic mass is 10.1. The fourth-order valence-electron chi connectivity index (χ4n) is 1.65. The average Bonchev–Trinajstić information content (AvgIpc) is 2.41. The van der Waals surface area contributed by atoms with E-state index in [-0.39, 0.29) is 22.2 Å². The summed E-state index contributed by atoms with van der Waals surface area (Å²) in [5, 5.41) is 11.8. The predicted molar refractivity (Wildman–Crippen MR) is 77.5 cm³/mol. The highest BCUT2D eigenvalue weighted by Gasteiger charge is 2.11. The molecule has 102 valence electrons. The van der Waals surface area contributed by atoms with E-state index in [1.54, 1.807) is 12.1 Å². The van der Waals surface area contributed by atoms with E-state index in [1.807, 2.05) is 19.1 Å². The van der Waals surface area contributed by atoms with E-state index in [2.05, 4.69) is 5.32 Å². The third kappa shape index (κ3) is 3.16. The first-order valence-corrected chi connectivity index (χ1v) is 6.26. The monoisotopic (exact) mass is 289 g/mol. The lowest BCUT2D eigenvalue weighted by molar-refractivity contribution is 0.0696. The number of aryl methyl sites for hydroxylation is 1. The lowest BCUT2D eigenvalue weighted by Gasteiger charge is -2.08. The van der Waals surface area contributed by atoms with E-state index in [0.29, 0.717) is 5.56 Å². The van der Waals surface area contributed by atoms with Gasteiger partial charge < -0.3 is 10.4 Å². The number of carboxylic acids is 1. The quantitative estimate of drug-likeness (QED) is 0.907. The number of nitrogens with one attached hydrogen (secondary N) is 1. The molecule has 0 radical (unpaired) electrons. The van der Waals surface area contributed by atoms with Gasteiger partial charge in [0, 0.05) is 5.56 Å². The molecule has 0 aromatic heterocycles. The Hall–Kier alpha value is -2.33. The van der Waals surface area contributed by atoms with E-state index in [9.17, 15) is 9.59 Å². The number of carbonyl (C=O) groups is 2. The SMILES string of the molecule is Cc1ccc(C(=O)Nc2cc(C(=O)O)ccc2Cl)cc1. The van der Waals surface area contributed by atoms with Gasteiger partial charge in [0.2, 0.25) is 0 Å². The summed E-state index contributed by atoms with van der Waals surface area (Å²) in [5.74, 6) is -1.41. The maximum absolute atomic E-state index is 12.0. The highest BCUT2D eigenvalue weighted by molar-refractivity contribution is 6.34. The Morgan fingerprint density at radius 2 is 1.65 bits per heavy atom. The zero-order valence-corrected chi connectivity index (χ0v) is 11.4. The summed E-state index contributed by atoms with van der Waals surface area (Å²) in [6.45, 7) is 1.93. The molecule has 2 rings (SSSR count). The molecule has 0 saturated carbocycles. The lowest BCUT2D eigenvalue weighted by Crippen LogP contribution is -2.12. The number of rotatable bonds is 3. The Kier molecular flexibility index (Phi) is 4.05. The van der Waals surface area contributed by atoms with Crippen LogP contribution in [0, 0.1) is 6.92 Å². The maximum Gasteiger partial charge on any atom is 0.335 e. The molecule has 0 atom stereocenters. The number of hydrogen-bond donors (Lipinski definition) is 2. The molecule has 2 N–H and O–H groups in total. The summed E-state index contributed by atoms with van der Waals surface area (Å²) in [6, 6.07) is 11.2. The van der Waals surface area contributed by atoms with Gasteiger partial charge in [0.15, 0.2) is 0 Å². The van der Waals surface area contributed by atoms with Crippen LogP contribution in [0.15, 0.2) is 42.5 Å². The normalized spacial score (nSPS) is 10.1. The molecule has 20 heavy (non-hydrogen) atoms. The Labute approximate surface area is 121 Å². The molecule has 0 aliphatic rings. The molecule has 0 bridgehead atoms. The third-order valence-electron chi connectivity index (χ3n) is 2.78. The molecule has 2 aromatic rings. The van der Waals surface area contributed by atoms with E-state index in [0.717, 1.165) is 5.56 Å². The van der Waals surface area contributed by atoms with Crippen molar-refractivity contribution in [1.29, 1.82) is 0 Å². The van der Waals surface area contributed by atoms with Gasteiger partial charge in [0.05, 0.1) is 16.3 Å². The first kappa shape index (κ1) is 14.1. The molecule has 1 amide bonds. The average molecular weight is 290 g/mol. The summed E-state index contributed by atoms with van der Waals surface area (Å²) in [5.41, 5.74) is 1.87. The van der Waals surface area contributed by atoms with Crippen LogP contribution in [-0.2, 0) is 0 Å². The fraction of sp³-hybridized carbons (Fsp3) is 0.0667. The number of amides is 1. The Bertz CT molecular complexity index is 665. The highest BCUT2D eigenvalue weighted by atomic mass is 35.5. The van der Waals surface area contributed by atoms with Gasteiger partial charge in [0.25, 0.3) is 5.91 Å². The Balaban J connectivity index is 2.25. The van der Waals surface area contributed by atoms with Gasteiger partial charge in [-0.15, -0.1) is 0 Å². The van der Waals surface area contributed by atoms with E-state index >= 15 is 0 Å². The predicted octanol–water partition coefficient (Wildman–Crippen LogP) is 3.60. The minimum Gasteiger partial charge on any atom is -0.478 e. The van der Waals surface area contributed by atoms with Gasteiger partial charge >= 0.3 is 5.97 Å². The third-order valence-corrected chi connectivity index (χ3v) is 3.10. The van der Waals surface area contributed by atoms with Gasteiger partial charge in [0.1, 0.15) is 0 Å². The van der Waals surface area contributed by atoms with Crippen molar-refractivity contribution in [2.24, 2.45) is 0 Å². The van der Waals surface area contributed by atoms with E-state index < -0.39 is 5.97 Å². The first-order chi connectivity index (χ1) is 9.47. The number of carboxylic acid groups (broad SMARTS) is 1. The minimum atomic E-state index is -1.08. The van der Waals surface area contributed by atoms with Crippen LogP contribution >= 0.6 is 11.6 Å². The zero-order chi connectivity index (χ0) is 14.7. The van der Waals surface area contributed by atoms with Crippen LogP contribution in [0.5, 0.6) is 0 Å². The summed E-state index contributed by atoms with van der Waals surface area (Å²) in [6.07, 6.45) is 0.